The Morgan fingerprint density at radius 2 is 1.65 bits per heavy atom. The average Bonchev–Trinajstić information content (AvgIpc) is 2.46. The molecule has 20 heavy (non-hydrogen) atoms. The minimum absolute atomic E-state index is 0.214. The van der Waals surface area contributed by atoms with E-state index >= 15 is 0 Å². The molecule has 0 aromatic heterocycles. The molecule has 0 heterocycles. The molecule has 0 radical (unpaired) electrons. The van der Waals surface area contributed by atoms with Crippen molar-refractivity contribution in [3.63, 3.8) is 0 Å². The monoisotopic (exact) mass is 458 g/mol. The first-order chi connectivity index (χ1) is 9.56. The number of hydrogen-bond donors (Lipinski definition) is 0. The molecular weight excluding hydrogens is 444 g/mol. The molecular formula is C17H17Br3. The summed E-state index contributed by atoms with van der Waals surface area (Å²) < 4.78 is 2.21. The van der Waals surface area contributed by atoms with Crippen LogP contribution in [0.5, 0.6) is 0 Å². The number of benzene rings is 2. The maximum atomic E-state index is 3.88. The van der Waals surface area contributed by atoms with E-state index in [-0.39, 0.29) is 4.83 Å². The Morgan fingerprint density at radius 1 is 0.900 bits per heavy atom. The number of hydrogen-bond acceptors (Lipinski definition) is 0. The van der Waals surface area contributed by atoms with Crippen molar-refractivity contribution in [2.24, 2.45) is 0 Å². The van der Waals surface area contributed by atoms with Gasteiger partial charge in [0.1, 0.15) is 0 Å². The third-order valence-electron chi connectivity index (χ3n) is 3.51. The van der Waals surface area contributed by atoms with Crippen LogP contribution in [0.2, 0.25) is 0 Å². The van der Waals surface area contributed by atoms with E-state index < -0.39 is 0 Å². The molecule has 3 heteroatoms. The van der Waals surface area contributed by atoms with Gasteiger partial charge in [-0.1, -0.05) is 85.9 Å². The van der Waals surface area contributed by atoms with Crippen molar-refractivity contribution in [3.8, 4) is 0 Å². The van der Waals surface area contributed by atoms with E-state index in [1.54, 1.807) is 0 Å². The van der Waals surface area contributed by atoms with Gasteiger partial charge in [-0.15, -0.1) is 0 Å². The van der Waals surface area contributed by atoms with Crippen LogP contribution in [0.3, 0.4) is 0 Å². The normalized spacial score (nSPS) is 12.4. The molecule has 0 aliphatic carbocycles. The van der Waals surface area contributed by atoms with Crippen LogP contribution in [0.4, 0.5) is 0 Å². The summed E-state index contributed by atoms with van der Waals surface area (Å²) in [5, 5.41) is 0. The van der Waals surface area contributed by atoms with E-state index in [2.05, 4.69) is 98.0 Å². The Labute approximate surface area is 146 Å². The van der Waals surface area contributed by atoms with Gasteiger partial charge in [-0.3, -0.25) is 0 Å². The van der Waals surface area contributed by atoms with Crippen LogP contribution in [0.1, 0.15) is 40.9 Å². The van der Waals surface area contributed by atoms with Gasteiger partial charge in [0, 0.05) is 8.95 Å². The summed E-state index contributed by atoms with van der Waals surface area (Å²) in [7, 11) is 0. The number of rotatable bonds is 4. The van der Waals surface area contributed by atoms with E-state index in [1.807, 2.05) is 0 Å². The molecule has 0 saturated heterocycles. The summed E-state index contributed by atoms with van der Waals surface area (Å²) in [6.45, 7) is 4.41. The number of halogens is 3. The van der Waals surface area contributed by atoms with Crippen molar-refractivity contribution in [2.45, 2.75) is 31.5 Å². The van der Waals surface area contributed by atoms with Crippen molar-refractivity contribution in [1.29, 1.82) is 0 Å². The first-order valence-electron chi connectivity index (χ1n) is 6.77. The van der Waals surface area contributed by atoms with Gasteiger partial charge in [-0.05, 0) is 47.2 Å². The lowest BCUT2D eigenvalue weighted by Gasteiger charge is -2.18. The molecule has 0 aliphatic heterocycles. The van der Waals surface area contributed by atoms with Crippen LogP contribution in [0.25, 0.3) is 0 Å². The second-order valence-electron chi connectivity index (χ2n) is 4.77. The third kappa shape index (κ3) is 3.55. The van der Waals surface area contributed by atoms with Gasteiger partial charge in [-0.25, -0.2) is 0 Å². The summed E-state index contributed by atoms with van der Waals surface area (Å²) in [5.74, 6) is 0. The topological polar surface area (TPSA) is 0 Å². The molecule has 0 nitrogen and oxygen atoms in total. The molecule has 0 amide bonds. The smallest absolute Gasteiger partial charge is 0.0658 e. The SMILES string of the molecule is CCc1ccc(CC)c(C(Br)c2ccc(Br)cc2Br)c1. The van der Waals surface area contributed by atoms with Crippen LogP contribution in [-0.4, -0.2) is 0 Å². The minimum Gasteiger partial charge on any atom is -0.0786 e. The zero-order chi connectivity index (χ0) is 14.7. The van der Waals surface area contributed by atoms with Crippen LogP contribution < -0.4 is 0 Å². The molecule has 1 atom stereocenters. The van der Waals surface area contributed by atoms with E-state index in [4.69, 9.17) is 0 Å². The zero-order valence-electron chi connectivity index (χ0n) is 11.6. The van der Waals surface area contributed by atoms with Crippen LogP contribution in [0, 0.1) is 0 Å². The third-order valence-corrected chi connectivity index (χ3v) is 5.67. The van der Waals surface area contributed by atoms with Crippen LogP contribution >= 0.6 is 47.8 Å². The second kappa shape index (κ2) is 7.24. The lowest BCUT2D eigenvalue weighted by Crippen LogP contribution is -2.00. The highest BCUT2D eigenvalue weighted by atomic mass is 79.9. The van der Waals surface area contributed by atoms with Crippen molar-refractivity contribution < 1.29 is 0 Å². The first kappa shape index (κ1) is 16.3. The Morgan fingerprint density at radius 3 is 2.25 bits per heavy atom. The van der Waals surface area contributed by atoms with Crippen molar-refractivity contribution >= 4 is 47.8 Å². The standard InChI is InChI=1S/C17H17Br3/c1-3-11-5-6-12(4-2)15(9-11)17(20)14-8-7-13(18)10-16(14)19/h5-10,17H,3-4H2,1-2H3. The summed E-state index contributed by atoms with van der Waals surface area (Å²) >= 11 is 11.1. The van der Waals surface area contributed by atoms with Gasteiger partial charge >= 0.3 is 0 Å². The maximum Gasteiger partial charge on any atom is 0.0658 e. The fourth-order valence-electron chi connectivity index (χ4n) is 2.30. The molecule has 2 aromatic rings. The Bertz CT molecular complexity index is 605. The maximum absolute atomic E-state index is 3.88. The second-order valence-corrected chi connectivity index (χ2v) is 7.45. The van der Waals surface area contributed by atoms with E-state index in [0.29, 0.717) is 0 Å². The minimum atomic E-state index is 0.214. The Kier molecular flexibility index (Phi) is 5.88. The Hall–Kier alpha value is -0.120. The predicted molar refractivity (Wildman–Crippen MR) is 97.8 cm³/mol. The summed E-state index contributed by atoms with van der Waals surface area (Å²) in [4.78, 5) is 0.214. The highest BCUT2D eigenvalue weighted by molar-refractivity contribution is 9.11. The van der Waals surface area contributed by atoms with Gasteiger partial charge in [0.15, 0.2) is 0 Å². The number of aryl methyl sites for hydroxylation is 2. The largest absolute Gasteiger partial charge is 0.0786 e. The molecule has 0 N–H and O–H groups in total. The summed E-state index contributed by atoms with van der Waals surface area (Å²) in [6.07, 6.45) is 2.12. The van der Waals surface area contributed by atoms with Gasteiger partial charge in [-0.2, -0.15) is 0 Å². The van der Waals surface area contributed by atoms with Crippen molar-refractivity contribution in [1.82, 2.24) is 0 Å². The van der Waals surface area contributed by atoms with E-state index in [0.717, 1.165) is 21.8 Å². The summed E-state index contributed by atoms with van der Waals surface area (Å²) in [6, 6.07) is 13.2. The quantitative estimate of drug-likeness (QED) is 0.439. The molecule has 0 saturated carbocycles. The van der Waals surface area contributed by atoms with Gasteiger partial charge in [0.25, 0.3) is 0 Å². The average molecular weight is 461 g/mol. The fraction of sp³-hybridized carbons (Fsp3) is 0.294. The molecule has 2 rings (SSSR count). The predicted octanol–water partition coefficient (Wildman–Crippen LogP) is 6.82. The lowest BCUT2D eigenvalue weighted by atomic mass is 9.95. The van der Waals surface area contributed by atoms with Gasteiger partial charge in [0.2, 0.25) is 0 Å². The Balaban J connectivity index is 2.48. The molecule has 0 bridgehead atoms. The van der Waals surface area contributed by atoms with Crippen molar-refractivity contribution in [3.05, 3.63) is 67.6 Å². The van der Waals surface area contributed by atoms with Crippen LogP contribution in [-0.2, 0) is 12.8 Å². The van der Waals surface area contributed by atoms with Crippen LogP contribution in [0.15, 0.2) is 45.3 Å². The molecule has 0 spiro atoms. The highest BCUT2D eigenvalue weighted by Crippen LogP contribution is 2.38. The van der Waals surface area contributed by atoms with E-state index in [9.17, 15) is 0 Å². The highest BCUT2D eigenvalue weighted by Gasteiger charge is 2.17. The van der Waals surface area contributed by atoms with Gasteiger partial charge in [0.05, 0.1) is 4.83 Å². The van der Waals surface area contributed by atoms with E-state index in [1.165, 1.54) is 22.3 Å². The molecule has 0 fully saturated rings. The molecule has 0 aliphatic rings. The lowest BCUT2D eigenvalue weighted by molar-refractivity contribution is 1.03. The van der Waals surface area contributed by atoms with Crippen molar-refractivity contribution in [2.75, 3.05) is 0 Å². The molecule has 106 valence electrons. The van der Waals surface area contributed by atoms with Gasteiger partial charge < -0.3 is 0 Å². The first-order valence-corrected chi connectivity index (χ1v) is 9.27. The summed E-state index contributed by atoms with van der Waals surface area (Å²) in [5.41, 5.74) is 5.42. The fourth-order valence-corrected chi connectivity index (χ4v) is 4.71. The molecule has 1 unspecified atom stereocenters. The zero-order valence-corrected chi connectivity index (χ0v) is 16.3. The number of alkyl halides is 1. The molecule has 2 aromatic carbocycles.